The Hall–Kier alpha value is -1.16. The lowest BCUT2D eigenvalue weighted by Gasteiger charge is -2.10. The van der Waals surface area contributed by atoms with Gasteiger partial charge in [0.05, 0.1) is 0 Å². The Bertz CT molecular complexity index is 420. The second kappa shape index (κ2) is 4.37. The molecule has 0 radical (unpaired) electrons. The number of nitrogens with one attached hydrogen (secondary N) is 1. The average Bonchev–Trinajstić information content (AvgIpc) is 3.05. The van der Waals surface area contributed by atoms with Gasteiger partial charge in [-0.1, -0.05) is 6.07 Å². The number of hydrogen-bond donors (Lipinski definition) is 1. The number of halogens is 3. The van der Waals surface area contributed by atoms with E-state index in [4.69, 9.17) is 11.6 Å². The predicted octanol–water partition coefficient (Wildman–Crippen LogP) is 2.52. The van der Waals surface area contributed by atoms with Crippen molar-refractivity contribution in [2.45, 2.75) is 24.3 Å². The van der Waals surface area contributed by atoms with Crippen LogP contribution >= 0.6 is 11.6 Å². The number of rotatable bonds is 3. The third-order valence-corrected chi connectivity index (χ3v) is 2.84. The van der Waals surface area contributed by atoms with Gasteiger partial charge in [0, 0.05) is 6.04 Å². The van der Waals surface area contributed by atoms with E-state index in [1.165, 1.54) is 6.07 Å². The quantitative estimate of drug-likeness (QED) is 0.815. The van der Waals surface area contributed by atoms with E-state index in [1.54, 1.807) is 0 Å². The number of amides is 1. The molecule has 1 fully saturated rings. The molecule has 0 spiro atoms. The largest absolute Gasteiger partial charge is 0.352 e. The summed E-state index contributed by atoms with van der Waals surface area (Å²) in [7, 11) is 0. The summed E-state index contributed by atoms with van der Waals surface area (Å²) in [5, 5.41) is 1.72. The first-order valence-electron chi connectivity index (χ1n) is 4.97. The fourth-order valence-electron chi connectivity index (χ4n) is 1.32. The molecule has 1 saturated carbocycles. The van der Waals surface area contributed by atoms with Crippen LogP contribution in [0.5, 0.6) is 0 Å². The molecule has 1 atom stereocenters. The molecular weight excluding hydrogens is 236 g/mol. The maximum absolute atomic E-state index is 12.9. The number of hydrogen-bond acceptors (Lipinski definition) is 1. The lowest BCUT2D eigenvalue weighted by atomic mass is 10.1. The van der Waals surface area contributed by atoms with Gasteiger partial charge in [-0.25, -0.2) is 8.78 Å². The topological polar surface area (TPSA) is 29.1 Å². The van der Waals surface area contributed by atoms with Gasteiger partial charge in [0.15, 0.2) is 11.6 Å². The van der Waals surface area contributed by atoms with Gasteiger partial charge < -0.3 is 5.32 Å². The number of carbonyl (C=O) groups excluding carboxylic acids is 1. The molecule has 1 unspecified atom stereocenters. The molecule has 0 aliphatic heterocycles. The summed E-state index contributed by atoms with van der Waals surface area (Å²) in [6.45, 7) is 0. The van der Waals surface area contributed by atoms with Crippen molar-refractivity contribution in [2.75, 3.05) is 0 Å². The van der Waals surface area contributed by atoms with Gasteiger partial charge in [0.1, 0.15) is 5.38 Å². The zero-order valence-electron chi connectivity index (χ0n) is 8.34. The second-order valence-corrected chi connectivity index (χ2v) is 4.26. The van der Waals surface area contributed by atoms with Gasteiger partial charge in [-0.2, -0.15) is 0 Å². The first-order valence-corrected chi connectivity index (χ1v) is 5.41. The lowest BCUT2D eigenvalue weighted by molar-refractivity contribution is -0.121. The molecule has 2 nitrogen and oxygen atoms in total. The van der Waals surface area contributed by atoms with Crippen molar-refractivity contribution in [1.82, 2.24) is 5.32 Å². The van der Waals surface area contributed by atoms with Crippen LogP contribution in [0.1, 0.15) is 23.8 Å². The van der Waals surface area contributed by atoms with Gasteiger partial charge >= 0.3 is 0 Å². The van der Waals surface area contributed by atoms with Crippen molar-refractivity contribution in [2.24, 2.45) is 0 Å². The maximum Gasteiger partial charge on any atom is 0.242 e. The minimum Gasteiger partial charge on any atom is -0.352 e. The van der Waals surface area contributed by atoms with Crippen LogP contribution in [0.3, 0.4) is 0 Å². The molecule has 1 aliphatic carbocycles. The Labute approximate surface area is 96.6 Å². The van der Waals surface area contributed by atoms with E-state index in [0.29, 0.717) is 0 Å². The van der Waals surface area contributed by atoms with Crippen LogP contribution in [-0.2, 0) is 4.79 Å². The fraction of sp³-hybridized carbons (Fsp3) is 0.364. The van der Waals surface area contributed by atoms with E-state index in [1.807, 2.05) is 0 Å². The molecule has 0 saturated heterocycles. The van der Waals surface area contributed by atoms with Crippen molar-refractivity contribution in [3.8, 4) is 0 Å². The normalized spacial score (nSPS) is 16.9. The third kappa shape index (κ3) is 2.50. The molecule has 1 aliphatic rings. The van der Waals surface area contributed by atoms with Crippen LogP contribution in [0, 0.1) is 11.6 Å². The van der Waals surface area contributed by atoms with Crippen LogP contribution in [0.25, 0.3) is 0 Å². The fourth-order valence-corrected chi connectivity index (χ4v) is 1.52. The number of benzene rings is 1. The van der Waals surface area contributed by atoms with Gasteiger partial charge in [0.25, 0.3) is 0 Å². The van der Waals surface area contributed by atoms with E-state index in [-0.39, 0.29) is 17.5 Å². The van der Waals surface area contributed by atoms with Crippen LogP contribution < -0.4 is 5.32 Å². The van der Waals surface area contributed by atoms with E-state index in [0.717, 1.165) is 25.0 Å². The monoisotopic (exact) mass is 245 g/mol. The molecule has 1 N–H and O–H groups in total. The molecule has 5 heteroatoms. The molecule has 0 heterocycles. The summed E-state index contributed by atoms with van der Waals surface area (Å²) in [5.41, 5.74) is 0.263. The molecule has 0 bridgehead atoms. The van der Waals surface area contributed by atoms with E-state index < -0.39 is 17.0 Å². The van der Waals surface area contributed by atoms with Gasteiger partial charge in [-0.3, -0.25) is 4.79 Å². The molecule has 0 aromatic heterocycles. The van der Waals surface area contributed by atoms with Crippen LogP contribution in [0.4, 0.5) is 8.78 Å². The number of carbonyl (C=O) groups is 1. The standard InChI is InChI=1S/C11H10ClF2NO/c12-10(11(16)15-7-2-3-7)6-1-4-8(13)9(14)5-6/h1,4-5,7,10H,2-3H2,(H,15,16). The summed E-state index contributed by atoms with van der Waals surface area (Å²) in [4.78, 5) is 11.5. The maximum atomic E-state index is 12.9. The molecule has 86 valence electrons. The van der Waals surface area contributed by atoms with Crippen LogP contribution in [0.15, 0.2) is 18.2 Å². The Morgan fingerprint density at radius 1 is 1.38 bits per heavy atom. The lowest BCUT2D eigenvalue weighted by Crippen LogP contribution is -2.28. The molecule has 1 aromatic rings. The summed E-state index contributed by atoms with van der Waals surface area (Å²) in [5.74, 6) is -2.31. The van der Waals surface area contributed by atoms with Crippen molar-refractivity contribution >= 4 is 17.5 Å². The molecule has 1 aromatic carbocycles. The highest BCUT2D eigenvalue weighted by atomic mass is 35.5. The molecule has 16 heavy (non-hydrogen) atoms. The van der Waals surface area contributed by atoms with Gasteiger partial charge in [-0.05, 0) is 30.5 Å². The highest BCUT2D eigenvalue weighted by Crippen LogP contribution is 2.25. The Balaban J connectivity index is 2.09. The van der Waals surface area contributed by atoms with Crippen LogP contribution in [0.2, 0.25) is 0 Å². The highest BCUT2D eigenvalue weighted by molar-refractivity contribution is 6.30. The molecular formula is C11H10ClF2NO. The minimum absolute atomic E-state index is 0.194. The third-order valence-electron chi connectivity index (χ3n) is 2.39. The Morgan fingerprint density at radius 3 is 2.62 bits per heavy atom. The average molecular weight is 246 g/mol. The van der Waals surface area contributed by atoms with E-state index >= 15 is 0 Å². The van der Waals surface area contributed by atoms with Crippen molar-refractivity contribution in [1.29, 1.82) is 0 Å². The molecule has 2 rings (SSSR count). The molecule has 1 amide bonds. The predicted molar refractivity (Wildman–Crippen MR) is 56.1 cm³/mol. The van der Waals surface area contributed by atoms with E-state index in [2.05, 4.69) is 5.32 Å². The van der Waals surface area contributed by atoms with Crippen LogP contribution in [-0.4, -0.2) is 11.9 Å². The minimum atomic E-state index is -0.998. The summed E-state index contributed by atoms with van der Waals surface area (Å²) >= 11 is 5.85. The number of alkyl halides is 1. The summed E-state index contributed by atoms with van der Waals surface area (Å²) in [6, 6.07) is 3.41. The zero-order chi connectivity index (χ0) is 11.7. The summed E-state index contributed by atoms with van der Waals surface area (Å²) in [6.07, 6.45) is 1.90. The smallest absolute Gasteiger partial charge is 0.242 e. The summed E-state index contributed by atoms with van der Waals surface area (Å²) < 4.78 is 25.6. The van der Waals surface area contributed by atoms with Crippen molar-refractivity contribution in [3.63, 3.8) is 0 Å². The Morgan fingerprint density at radius 2 is 2.06 bits per heavy atom. The van der Waals surface area contributed by atoms with Crippen molar-refractivity contribution < 1.29 is 13.6 Å². The zero-order valence-corrected chi connectivity index (χ0v) is 9.10. The Kier molecular flexibility index (Phi) is 3.10. The SMILES string of the molecule is O=C(NC1CC1)C(Cl)c1ccc(F)c(F)c1. The first-order chi connectivity index (χ1) is 7.58. The van der Waals surface area contributed by atoms with E-state index in [9.17, 15) is 13.6 Å². The van der Waals surface area contributed by atoms with Gasteiger partial charge in [-0.15, -0.1) is 11.6 Å². The second-order valence-electron chi connectivity index (χ2n) is 3.82. The highest BCUT2D eigenvalue weighted by Gasteiger charge is 2.27. The van der Waals surface area contributed by atoms with Gasteiger partial charge in [0.2, 0.25) is 5.91 Å². The van der Waals surface area contributed by atoms with Crippen molar-refractivity contribution in [3.05, 3.63) is 35.4 Å². The first kappa shape index (κ1) is 11.3.